The number of carbonyl (C=O) groups is 2. The molecule has 1 heterocycles. The predicted octanol–water partition coefficient (Wildman–Crippen LogP) is 2.76. The highest BCUT2D eigenvalue weighted by Crippen LogP contribution is 2.23. The molecular weight excluding hydrogens is 394 g/mol. The Kier molecular flexibility index (Phi) is 7.29. The van der Waals surface area contributed by atoms with Crippen molar-refractivity contribution in [3.8, 4) is 0 Å². The van der Waals surface area contributed by atoms with Crippen LogP contribution in [0.15, 0.2) is 35.2 Å². The number of amides is 2. The first-order valence-corrected chi connectivity index (χ1v) is 11.2. The van der Waals surface area contributed by atoms with Crippen molar-refractivity contribution in [2.75, 3.05) is 13.1 Å². The molecule has 2 amide bonds. The quantitative estimate of drug-likeness (QED) is 0.707. The number of nitrogens with zero attached hydrogens (tertiary/aromatic N) is 2. The molecule has 0 unspecified atom stereocenters. The van der Waals surface area contributed by atoms with E-state index in [2.05, 4.69) is 5.32 Å². The minimum atomic E-state index is -3.86. The van der Waals surface area contributed by atoms with E-state index >= 15 is 0 Å². The van der Waals surface area contributed by atoms with Gasteiger partial charge in [-0.2, -0.15) is 0 Å². The Bertz CT molecular complexity index is 818. The molecule has 1 fully saturated rings. The highest BCUT2D eigenvalue weighted by atomic mass is 32.2. The van der Waals surface area contributed by atoms with Crippen molar-refractivity contribution < 1.29 is 22.7 Å². The zero-order valence-electron chi connectivity index (χ0n) is 17.7. The molecule has 2 rings (SSSR count). The van der Waals surface area contributed by atoms with Crippen molar-refractivity contribution in [3.05, 3.63) is 30.3 Å². The first kappa shape index (κ1) is 23.2. The number of sulfonamides is 1. The van der Waals surface area contributed by atoms with Gasteiger partial charge in [0.2, 0.25) is 0 Å². The van der Waals surface area contributed by atoms with Gasteiger partial charge in [-0.3, -0.25) is 0 Å². The average molecular weight is 426 g/mol. The molecule has 0 bridgehead atoms. The zero-order chi connectivity index (χ0) is 21.8. The number of hydrazine groups is 1. The summed E-state index contributed by atoms with van der Waals surface area (Å²) in [6.45, 7) is 9.60. The van der Waals surface area contributed by atoms with E-state index in [1.54, 1.807) is 39.0 Å². The van der Waals surface area contributed by atoms with Crippen LogP contribution in [0.25, 0.3) is 0 Å². The van der Waals surface area contributed by atoms with Crippen LogP contribution in [0.5, 0.6) is 0 Å². The van der Waals surface area contributed by atoms with Crippen molar-refractivity contribution in [3.63, 3.8) is 0 Å². The smallest absolute Gasteiger partial charge is 0.333 e. The summed E-state index contributed by atoms with van der Waals surface area (Å²) in [5, 5.41) is 3.83. The molecule has 0 radical (unpaired) electrons. The Morgan fingerprint density at radius 2 is 1.76 bits per heavy atom. The number of ether oxygens (including phenoxy) is 1. The maximum atomic E-state index is 12.9. The Morgan fingerprint density at radius 1 is 1.14 bits per heavy atom. The second-order valence-electron chi connectivity index (χ2n) is 8.51. The van der Waals surface area contributed by atoms with Crippen LogP contribution in [0.4, 0.5) is 4.79 Å². The second kappa shape index (κ2) is 9.13. The topological polar surface area (TPSA) is 96.0 Å². The lowest BCUT2D eigenvalue weighted by Crippen LogP contribution is -2.54. The Labute approximate surface area is 173 Å². The number of hydrogen-bond donors (Lipinski definition) is 1. The normalized spacial score (nSPS) is 16.7. The minimum absolute atomic E-state index is 0.116. The van der Waals surface area contributed by atoms with Gasteiger partial charge in [-0.1, -0.05) is 32.0 Å². The summed E-state index contributed by atoms with van der Waals surface area (Å²) in [7, 11) is -3.86. The van der Waals surface area contributed by atoms with Crippen LogP contribution in [0, 0.1) is 5.92 Å². The van der Waals surface area contributed by atoms with Crippen LogP contribution in [0.1, 0.15) is 47.5 Å². The van der Waals surface area contributed by atoms with Gasteiger partial charge in [0.05, 0.1) is 4.90 Å². The molecule has 1 aliphatic heterocycles. The first-order valence-electron chi connectivity index (χ1n) is 9.80. The summed E-state index contributed by atoms with van der Waals surface area (Å²) >= 11 is 0. The lowest BCUT2D eigenvalue weighted by atomic mass is 10.0. The fourth-order valence-electron chi connectivity index (χ4n) is 3.04. The lowest BCUT2D eigenvalue weighted by molar-refractivity contribution is -0.157. The maximum absolute atomic E-state index is 12.9. The number of benzene rings is 1. The van der Waals surface area contributed by atoms with Crippen molar-refractivity contribution >= 4 is 22.0 Å². The molecule has 1 N–H and O–H groups in total. The number of esters is 1. The van der Waals surface area contributed by atoms with Crippen LogP contribution in [-0.2, 0) is 19.6 Å². The van der Waals surface area contributed by atoms with E-state index in [0.717, 1.165) is 9.42 Å². The van der Waals surface area contributed by atoms with E-state index in [-0.39, 0.29) is 23.9 Å². The van der Waals surface area contributed by atoms with Crippen molar-refractivity contribution in [2.45, 2.75) is 64.0 Å². The van der Waals surface area contributed by atoms with Crippen LogP contribution >= 0.6 is 0 Å². The molecule has 9 heteroatoms. The largest absolute Gasteiger partial charge is 0.458 e. The molecular formula is C20H31N3O5S. The van der Waals surface area contributed by atoms with Crippen molar-refractivity contribution in [1.29, 1.82) is 0 Å². The van der Waals surface area contributed by atoms with Gasteiger partial charge in [0.15, 0.2) is 0 Å². The number of nitrogens with one attached hydrogen (secondary N) is 1. The van der Waals surface area contributed by atoms with Gasteiger partial charge in [-0.25, -0.2) is 23.0 Å². The maximum Gasteiger partial charge on any atom is 0.333 e. The van der Waals surface area contributed by atoms with Crippen LogP contribution in [0.3, 0.4) is 0 Å². The molecule has 8 nitrogen and oxygen atoms in total. The summed E-state index contributed by atoms with van der Waals surface area (Å²) in [6, 6.07) is 6.49. The summed E-state index contributed by atoms with van der Waals surface area (Å²) in [4.78, 5) is 25.6. The first-order chi connectivity index (χ1) is 13.4. The zero-order valence-corrected chi connectivity index (χ0v) is 18.5. The Hall–Kier alpha value is -2.13. The number of urea groups is 1. The molecule has 1 aliphatic rings. The highest BCUT2D eigenvalue weighted by molar-refractivity contribution is 7.89. The van der Waals surface area contributed by atoms with Crippen LogP contribution in [-0.4, -0.2) is 54.6 Å². The van der Waals surface area contributed by atoms with E-state index in [4.69, 9.17) is 4.74 Å². The molecule has 1 atom stereocenters. The van der Waals surface area contributed by atoms with Gasteiger partial charge in [-0.15, -0.1) is 4.41 Å². The SMILES string of the molecule is CC(C)C[C@H](NC(=O)N1CCCN1S(=O)(=O)c1ccccc1)C(=O)OC(C)(C)C. The van der Waals surface area contributed by atoms with Gasteiger partial charge >= 0.3 is 12.0 Å². The van der Waals surface area contributed by atoms with Gasteiger partial charge in [0.25, 0.3) is 10.0 Å². The van der Waals surface area contributed by atoms with E-state index in [1.807, 2.05) is 13.8 Å². The third kappa shape index (κ3) is 6.17. The fraction of sp³-hybridized carbons (Fsp3) is 0.600. The van der Waals surface area contributed by atoms with Gasteiger partial charge in [-0.05, 0) is 51.7 Å². The predicted molar refractivity (Wildman–Crippen MR) is 109 cm³/mol. The number of hydrogen-bond acceptors (Lipinski definition) is 5. The van der Waals surface area contributed by atoms with Gasteiger partial charge < -0.3 is 10.1 Å². The third-order valence-electron chi connectivity index (χ3n) is 4.24. The monoisotopic (exact) mass is 425 g/mol. The molecule has 29 heavy (non-hydrogen) atoms. The standard InChI is InChI=1S/C20H31N3O5S/c1-15(2)14-17(18(24)28-20(3,4)5)21-19(25)22-12-9-13-23(22)29(26,27)16-10-7-6-8-11-16/h6-8,10-11,15,17H,9,12-14H2,1-5H3,(H,21,25)/t17-/m0/s1. The fourth-order valence-corrected chi connectivity index (χ4v) is 4.57. The van der Waals surface area contributed by atoms with E-state index < -0.39 is 33.7 Å². The van der Waals surface area contributed by atoms with Crippen LogP contribution in [0.2, 0.25) is 0 Å². The lowest BCUT2D eigenvalue weighted by Gasteiger charge is -2.30. The average Bonchev–Trinajstić information content (AvgIpc) is 3.10. The molecule has 0 aromatic heterocycles. The molecule has 0 spiro atoms. The summed E-state index contributed by atoms with van der Waals surface area (Å²) in [5.41, 5.74) is -0.687. The van der Waals surface area contributed by atoms with E-state index in [9.17, 15) is 18.0 Å². The summed E-state index contributed by atoms with van der Waals surface area (Å²) in [5.74, 6) is -0.397. The van der Waals surface area contributed by atoms with Gasteiger partial charge in [0, 0.05) is 13.1 Å². The highest BCUT2D eigenvalue weighted by Gasteiger charge is 2.38. The van der Waals surface area contributed by atoms with E-state index in [1.165, 1.54) is 12.1 Å². The summed E-state index contributed by atoms with van der Waals surface area (Å²) in [6.07, 6.45) is 0.903. The van der Waals surface area contributed by atoms with Crippen molar-refractivity contribution in [1.82, 2.24) is 14.7 Å². The molecule has 162 valence electrons. The molecule has 1 aromatic rings. The van der Waals surface area contributed by atoms with Gasteiger partial charge in [0.1, 0.15) is 11.6 Å². The third-order valence-corrected chi connectivity index (χ3v) is 6.04. The second-order valence-corrected chi connectivity index (χ2v) is 10.3. The Balaban J connectivity index is 2.18. The number of rotatable bonds is 6. The van der Waals surface area contributed by atoms with Crippen molar-refractivity contribution in [2.24, 2.45) is 5.92 Å². The molecule has 1 aromatic carbocycles. The molecule has 1 saturated heterocycles. The molecule has 0 aliphatic carbocycles. The van der Waals surface area contributed by atoms with Crippen LogP contribution < -0.4 is 5.32 Å². The minimum Gasteiger partial charge on any atom is -0.458 e. The summed E-state index contributed by atoms with van der Waals surface area (Å²) < 4.78 is 32.4. The Morgan fingerprint density at radius 3 is 2.31 bits per heavy atom. The number of carbonyl (C=O) groups excluding carboxylic acids is 2. The molecule has 0 saturated carbocycles. The van der Waals surface area contributed by atoms with E-state index in [0.29, 0.717) is 12.8 Å².